The third-order valence-electron chi connectivity index (χ3n) is 3.95. The number of hydrogen-bond donors (Lipinski definition) is 0. The van der Waals surface area contributed by atoms with Crippen molar-refractivity contribution >= 4 is 15.9 Å². The normalized spacial score (nSPS) is 18.4. The van der Waals surface area contributed by atoms with Gasteiger partial charge in [0.2, 0.25) is 0 Å². The third kappa shape index (κ3) is 4.50. The van der Waals surface area contributed by atoms with Gasteiger partial charge in [0.05, 0.1) is 16.6 Å². The van der Waals surface area contributed by atoms with Crippen LogP contribution in [-0.2, 0) is 6.54 Å². The van der Waals surface area contributed by atoms with Crippen LogP contribution in [0.4, 0.5) is 4.39 Å². The van der Waals surface area contributed by atoms with E-state index in [1.54, 1.807) is 0 Å². The molecule has 0 aliphatic carbocycles. The van der Waals surface area contributed by atoms with Gasteiger partial charge in [-0.15, -0.1) is 0 Å². The molecule has 2 rings (SSSR count). The number of hydrogen-bond acceptors (Lipinski definition) is 3. The van der Waals surface area contributed by atoms with Gasteiger partial charge < -0.3 is 0 Å². The van der Waals surface area contributed by atoms with Gasteiger partial charge in [-0.1, -0.05) is 19.4 Å². The number of nitriles is 1. The van der Waals surface area contributed by atoms with Crippen molar-refractivity contribution in [2.24, 2.45) is 0 Å². The highest BCUT2D eigenvalue weighted by atomic mass is 79.9. The van der Waals surface area contributed by atoms with Crippen LogP contribution in [0.1, 0.15) is 25.3 Å². The molecule has 1 saturated heterocycles. The van der Waals surface area contributed by atoms with E-state index in [0.29, 0.717) is 4.47 Å². The highest BCUT2D eigenvalue weighted by Crippen LogP contribution is 2.19. The first-order valence-electron chi connectivity index (χ1n) is 7.44. The molecule has 0 N–H and O–H groups in total. The minimum Gasteiger partial charge on any atom is -0.297 e. The molecule has 114 valence electrons. The predicted molar refractivity (Wildman–Crippen MR) is 85.3 cm³/mol. The molecule has 1 aliphatic heterocycles. The van der Waals surface area contributed by atoms with E-state index in [-0.39, 0.29) is 11.9 Å². The van der Waals surface area contributed by atoms with Gasteiger partial charge in [0.25, 0.3) is 0 Å². The quantitative estimate of drug-likeness (QED) is 0.812. The van der Waals surface area contributed by atoms with Crippen molar-refractivity contribution in [1.29, 1.82) is 5.26 Å². The molecule has 5 heteroatoms. The van der Waals surface area contributed by atoms with Gasteiger partial charge in [-0.05, 0) is 40.0 Å². The summed E-state index contributed by atoms with van der Waals surface area (Å²) in [5.41, 5.74) is 1.11. The predicted octanol–water partition coefficient (Wildman–Crippen LogP) is 3.40. The van der Waals surface area contributed by atoms with Crippen LogP contribution in [0.15, 0.2) is 22.7 Å². The standard InChI is InChI=1S/C16H21BrFN3/c1-2-3-14(11-19)21-8-6-20(7-9-21)12-13-4-5-16(18)15(17)10-13/h4-5,10,14H,2-3,6-9,12H2,1H3. The van der Waals surface area contributed by atoms with Crippen molar-refractivity contribution in [3.8, 4) is 6.07 Å². The Kier molecular flexibility index (Phi) is 6.16. The number of halogens is 2. The third-order valence-corrected chi connectivity index (χ3v) is 4.56. The van der Waals surface area contributed by atoms with Crippen LogP contribution in [0, 0.1) is 17.1 Å². The Morgan fingerprint density at radius 1 is 1.33 bits per heavy atom. The van der Waals surface area contributed by atoms with E-state index in [2.05, 4.69) is 38.7 Å². The summed E-state index contributed by atoms with van der Waals surface area (Å²) >= 11 is 3.23. The number of rotatable bonds is 5. The van der Waals surface area contributed by atoms with Crippen molar-refractivity contribution < 1.29 is 4.39 Å². The van der Waals surface area contributed by atoms with Crippen LogP contribution in [-0.4, -0.2) is 42.0 Å². The summed E-state index contributed by atoms with van der Waals surface area (Å²) in [6.45, 7) is 6.72. The molecule has 0 radical (unpaired) electrons. The maximum absolute atomic E-state index is 13.2. The van der Waals surface area contributed by atoms with Gasteiger partial charge in [-0.25, -0.2) is 4.39 Å². The summed E-state index contributed by atoms with van der Waals surface area (Å²) in [6.07, 6.45) is 1.99. The van der Waals surface area contributed by atoms with Gasteiger partial charge >= 0.3 is 0 Å². The number of piperazine rings is 1. The molecule has 1 aromatic rings. The fraction of sp³-hybridized carbons (Fsp3) is 0.562. The van der Waals surface area contributed by atoms with Crippen LogP contribution in [0.25, 0.3) is 0 Å². The highest BCUT2D eigenvalue weighted by molar-refractivity contribution is 9.10. The summed E-state index contributed by atoms with van der Waals surface area (Å²) in [7, 11) is 0. The molecule has 1 atom stereocenters. The molecule has 3 nitrogen and oxygen atoms in total. The SMILES string of the molecule is CCCC(C#N)N1CCN(Cc2ccc(F)c(Br)c2)CC1. The topological polar surface area (TPSA) is 30.3 Å². The molecule has 1 fully saturated rings. The maximum Gasteiger partial charge on any atom is 0.137 e. The number of benzene rings is 1. The fourth-order valence-corrected chi connectivity index (χ4v) is 3.16. The molecular formula is C16H21BrFN3. The molecule has 1 aliphatic rings. The molecule has 0 bridgehead atoms. The molecule has 21 heavy (non-hydrogen) atoms. The fourth-order valence-electron chi connectivity index (χ4n) is 2.73. The Morgan fingerprint density at radius 3 is 2.62 bits per heavy atom. The summed E-state index contributed by atoms with van der Waals surface area (Å²) < 4.78 is 13.8. The lowest BCUT2D eigenvalue weighted by molar-refractivity contribution is 0.106. The first-order chi connectivity index (χ1) is 10.1. The second kappa shape index (κ2) is 7.88. The lowest BCUT2D eigenvalue weighted by atomic mass is 10.1. The van der Waals surface area contributed by atoms with Crippen molar-refractivity contribution in [3.63, 3.8) is 0 Å². The molecule has 1 aromatic carbocycles. The minimum atomic E-state index is -0.222. The smallest absolute Gasteiger partial charge is 0.137 e. The maximum atomic E-state index is 13.2. The van der Waals surface area contributed by atoms with Crippen molar-refractivity contribution in [1.82, 2.24) is 9.80 Å². The highest BCUT2D eigenvalue weighted by Gasteiger charge is 2.23. The average molecular weight is 354 g/mol. The second-order valence-electron chi connectivity index (χ2n) is 5.49. The zero-order valence-electron chi connectivity index (χ0n) is 12.4. The zero-order chi connectivity index (χ0) is 15.2. The molecule has 0 spiro atoms. The van der Waals surface area contributed by atoms with Crippen LogP contribution in [0.5, 0.6) is 0 Å². The summed E-state index contributed by atoms with van der Waals surface area (Å²) in [4.78, 5) is 4.64. The minimum absolute atomic E-state index is 0.0529. The molecular weight excluding hydrogens is 333 g/mol. The van der Waals surface area contributed by atoms with E-state index in [4.69, 9.17) is 0 Å². The Bertz CT molecular complexity index is 507. The van der Waals surface area contributed by atoms with Gasteiger partial charge in [0, 0.05) is 32.7 Å². The molecule has 1 unspecified atom stereocenters. The van der Waals surface area contributed by atoms with E-state index >= 15 is 0 Å². The van der Waals surface area contributed by atoms with Crippen LogP contribution >= 0.6 is 15.9 Å². The first-order valence-corrected chi connectivity index (χ1v) is 8.23. The van der Waals surface area contributed by atoms with E-state index < -0.39 is 0 Å². The lowest BCUT2D eigenvalue weighted by Gasteiger charge is -2.36. The van der Waals surface area contributed by atoms with E-state index in [1.165, 1.54) is 6.07 Å². The Hall–Kier alpha value is -0.960. The van der Waals surface area contributed by atoms with Gasteiger partial charge in [-0.3, -0.25) is 9.80 Å². The van der Waals surface area contributed by atoms with Crippen LogP contribution in [0.2, 0.25) is 0 Å². The lowest BCUT2D eigenvalue weighted by Crippen LogP contribution is -2.49. The van der Waals surface area contributed by atoms with Crippen molar-refractivity contribution in [3.05, 3.63) is 34.1 Å². The molecule has 0 saturated carbocycles. The molecule has 0 aromatic heterocycles. The van der Waals surface area contributed by atoms with Gasteiger partial charge in [0.15, 0.2) is 0 Å². The summed E-state index contributed by atoms with van der Waals surface area (Å²) in [5.74, 6) is -0.222. The second-order valence-corrected chi connectivity index (χ2v) is 6.35. The van der Waals surface area contributed by atoms with E-state index in [1.807, 2.05) is 12.1 Å². The Labute approximate surface area is 134 Å². The van der Waals surface area contributed by atoms with Crippen LogP contribution < -0.4 is 0 Å². The van der Waals surface area contributed by atoms with Gasteiger partial charge in [-0.2, -0.15) is 5.26 Å². The number of nitrogens with zero attached hydrogens (tertiary/aromatic N) is 3. The van der Waals surface area contributed by atoms with E-state index in [0.717, 1.165) is 51.1 Å². The van der Waals surface area contributed by atoms with Gasteiger partial charge in [0.1, 0.15) is 5.82 Å². The zero-order valence-corrected chi connectivity index (χ0v) is 13.9. The van der Waals surface area contributed by atoms with Crippen molar-refractivity contribution in [2.45, 2.75) is 32.4 Å². The Balaban J connectivity index is 1.86. The largest absolute Gasteiger partial charge is 0.297 e. The molecule has 1 heterocycles. The van der Waals surface area contributed by atoms with Crippen molar-refractivity contribution in [2.75, 3.05) is 26.2 Å². The summed E-state index contributed by atoms with van der Waals surface area (Å²) in [5, 5.41) is 9.22. The Morgan fingerprint density at radius 2 is 2.05 bits per heavy atom. The van der Waals surface area contributed by atoms with E-state index in [9.17, 15) is 9.65 Å². The van der Waals surface area contributed by atoms with Crippen LogP contribution in [0.3, 0.4) is 0 Å². The molecule has 0 amide bonds. The monoisotopic (exact) mass is 353 g/mol. The average Bonchev–Trinajstić information content (AvgIpc) is 2.49. The summed E-state index contributed by atoms with van der Waals surface area (Å²) in [6, 6.07) is 7.65. The first kappa shape index (κ1) is 16.4.